The fourth-order valence-electron chi connectivity index (χ4n) is 3.78. The number of hydrogen-bond acceptors (Lipinski definition) is 3. The van der Waals surface area contributed by atoms with Gasteiger partial charge >= 0.3 is 6.18 Å². The van der Waals surface area contributed by atoms with E-state index in [-0.39, 0.29) is 43.6 Å². The number of carbonyl (C=O) groups is 3. The van der Waals surface area contributed by atoms with Gasteiger partial charge in [0.2, 0.25) is 11.8 Å². The van der Waals surface area contributed by atoms with E-state index < -0.39 is 23.6 Å². The first-order valence-electron chi connectivity index (χ1n) is 10.3. The minimum atomic E-state index is -4.52. The Morgan fingerprint density at radius 2 is 1.85 bits per heavy atom. The molecule has 172 valence electrons. The molecule has 1 aliphatic heterocycles. The van der Waals surface area contributed by atoms with Gasteiger partial charge in [-0.1, -0.05) is 12.1 Å². The molecule has 0 radical (unpaired) electrons. The number of alkyl halides is 3. The normalized spacial score (nSPS) is 16.3. The minimum Gasteiger partial charge on any atom is -0.361 e. The molecule has 10 heteroatoms. The van der Waals surface area contributed by atoms with E-state index in [2.05, 4.69) is 15.6 Å². The standard InChI is InChI=1S/C23H21F3N4O3/c24-23(25,26)17-2-1-3-18(12-17)30-13-16(11-20(30)31)22(33)29-9-8-28-21(32)15-5-4-14-6-7-27-19(14)10-15/h1-7,10,12,16,27H,8-9,11,13H2,(H,28,32)(H,29,33)/t16-/m1/s1. The van der Waals surface area contributed by atoms with Crippen molar-refractivity contribution < 1.29 is 27.6 Å². The number of aromatic amines is 1. The van der Waals surface area contributed by atoms with Crippen LogP contribution < -0.4 is 15.5 Å². The maximum Gasteiger partial charge on any atom is 0.416 e. The number of aromatic nitrogens is 1. The van der Waals surface area contributed by atoms with Crippen molar-refractivity contribution in [1.29, 1.82) is 0 Å². The van der Waals surface area contributed by atoms with Crippen LogP contribution in [0.4, 0.5) is 18.9 Å². The lowest BCUT2D eigenvalue weighted by atomic mass is 10.1. The van der Waals surface area contributed by atoms with E-state index in [1.807, 2.05) is 12.1 Å². The van der Waals surface area contributed by atoms with Crippen molar-refractivity contribution in [3.8, 4) is 0 Å². The average molecular weight is 458 g/mol. The predicted octanol–water partition coefficient (Wildman–Crippen LogP) is 3.09. The Kier molecular flexibility index (Phi) is 6.08. The highest BCUT2D eigenvalue weighted by molar-refractivity contribution is 6.00. The highest BCUT2D eigenvalue weighted by Gasteiger charge is 2.36. The Balaban J connectivity index is 1.27. The monoisotopic (exact) mass is 458 g/mol. The van der Waals surface area contributed by atoms with Crippen molar-refractivity contribution in [2.45, 2.75) is 12.6 Å². The molecule has 2 heterocycles. The van der Waals surface area contributed by atoms with Crippen LogP contribution in [-0.4, -0.2) is 42.3 Å². The quantitative estimate of drug-likeness (QED) is 0.496. The molecule has 3 N–H and O–H groups in total. The summed E-state index contributed by atoms with van der Waals surface area (Å²) in [5.74, 6) is -1.77. The molecule has 3 amide bonds. The third-order valence-electron chi connectivity index (χ3n) is 5.51. The summed E-state index contributed by atoms with van der Waals surface area (Å²) >= 11 is 0. The molecular weight excluding hydrogens is 437 g/mol. The van der Waals surface area contributed by atoms with Crippen molar-refractivity contribution in [2.24, 2.45) is 5.92 Å². The lowest BCUT2D eigenvalue weighted by Crippen LogP contribution is -2.38. The first-order chi connectivity index (χ1) is 15.7. The van der Waals surface area contributed by atoms with Gasteiger partial charge in [0.25, 0.3) is 5.91 Å². The molecular formula is C23H21F3N4O3. The maximum atomic E-state index is 12.9. The smallest absolute Gasteiger partial charge is 0.361 e. The Morgan fingerprint density at radius 3 is 2.64 bits per heavy atom. The topological polar surface area (TPSA) is 94.3 Å². The highest BCUT2D eigenvalue weighted by Crippen LogP contribution is 2.33. The summed E-state index contributed by atoms with van der Waals surface area (Å²) in [5.41, 5.74) is 0.574. The third-order valence-corrected chi connectivity index (χ3v) is 5.51. The molecule has 1 aliphatic rings. The van der Waals surface area contributed by atoms with Gasteiger partial charge in [0.15, 0.2) is 0 Å². The van der Waals surface area contributed by atoms with Gasteiger partial charge in [-0.2, -0.15) is 13.2 Å². The number of nitrogens with one attached hydrogen (secondary N) is 3. The van der Waals surface area contributed by atoms with Crippen molar-refractivity contribution in [3.05, 3.63) is 65.9 Å². The van der Waals surface area contributed by atoms with Crippen LogP contribution in [0.1, 0.15) is 22.3 Å². The molecule has 0 unspecified atom stereocenters. The van der Waals surface area contributed by atoms with Crippen molar-refractivity contribution in [1.82, 2.24) is 15.6 Å². The lowest BCUT2D eigenvalue weighted by molar-refractivity contribution is -0.137. The van der Waals surface area contributed by atoms with Crippen LogP contribution >= 0.6 is 0 Å². The van der Waals surface area contributed by atoms with E-state index in [4.69, 9.17) is 0 Å². The maximum absolute atomic E-state index is 12.9. The first-order valence-corrected chi connectivity index (χ1v) is 10.3. The number of nitrogens with zero attached hydrogens (tertiary/aromatic N) is 1. The molecule has 4 rings (SSSR count). The van der Waals surface area contributed by atoms with Gasteiger partial charge in [0, 0.05) is 49.0 Å². The van der Waals surface area contributed by atoms with Crippen LogP contribution in [0, 0.1) is 5.92 Å². The van der Waals surface area contributed by atoms with Crippen LogP contribution in [0.25, 0.3) is 10.9 Å². The highest BCUT2D eigenvalue weighted by atomic mass is 19.4. The lowest BCUT2D eigenvalue weighted by Gasteiger charge is -2.18. The number of H-pyrrole nitrogens is 1. The second-order valence-electron chi connectivity index (χ2n) is 7.78. The van der Waals surface area contributed by atoms with Gasteiger partial charge in [-0.15, -0.1) is 0 Å². The summed E-state index contributed by atoms with van der Waals surface area (Å²) in [6, 6.07) is 11.6. The summed E-state index contributed by atoms with van der Waals surface area (Å²) in [6.07, 6.45) is -2.83. The number of halogens is 3. The number of fused-ring (bicyclic) bond motifs is 1. The van der Waals surface area contributed by atoms with Crippen LogP contribution in [0.5, 0.6) is 0 Å². The van der Waals surface area contributed by atoms with Crippen molar-refractivity contribution in [3.63, 3.8) is 0 Å². The number of hydrogen-bond donors (Lipinski definition) is 3. The fraction of sp³-hybridized carbons (Fsp3) is 0.261. The van der Waals surface area contributed by atoms with Crippen molar-refractivity contribution >= 4 is 34.3 Å². The van der Waals surface area contributed by atoms with E-state index in [9.17, 15) is 27.6 Å². The molecule has 7 nitrogen and oxygen atoms in total. The van der Waals surface area contributed by atoms with Gasteiger partial charge in [0.05, 0.1) is 11.5 Å². The predicted molar refractivity (Wildman–Crippen MR) is 116 cm³/mol. The second kappa shape index (κ2) is 8.97. The first kappa shape index (κ1) is 22.4. The molecule has 0 saturated carbocycles. The van der Waals surface area contributed by atoms with E-state index in [0.29, 0.717) is 5.56 Å². The summed E-state index contributed by atoms with van der Waals surface area (Å²) in [5, 5.41) is 6.37. The number of anilines is 1. The van der Waals surface area contributed by atoms with Crippen LogP contribution in [-0.2, 0) is 15.8 Å². The largest absolute Gasteiger partial charge is 0.416 e. The Labute approximate surface area is 186 Å². The Bertz CT molecular complexity index is 1200. The number of amides is 3. The zero-order valence-corrected chi connectivity index (χ0v) is 17.4. The zero-order chi connectivity index (χ0) is 23.6. The number of benzene rings is 2. The average Bonchev–Trinajstić information content (AvgIpc) is 3.41. The molecule has 3 aromatic rings. The molecule has 1 saturated heterocycles. The van der Waals surface area contributed by atoms with Gasteiger partial charge in [0.1, 0.15) is 0 Å². The second-order valence-corrected chi connectivity index (χ2v) is 7.78. The number of carbonyl (C=O) groups excluding carboxylic acids is 3. The summed E-state index contributed by atoms with van der Waals surface area (Å²) in [7, 11) is 0. The molecule has 0 aliphatic carbocycles. The Morgan fingerprint density at radius 1 is 1.06 bits per heavy atom. The Hall–Kier alpha value is -3.82. The summed E-state index contributed by atoms with van der Waals surface area (Å²) in [4.78, 5) is 41.3. The van der Waals surface area contributed by atoms with Crippen LogP contribution in [0.2, 0.25) is 0 Å². The number of rotatable bonds is 6. The van der Waals surface area contributed by atoms with E-state index in [0.717, 1.165) is 23.0 Å². The van der Waals surface area contributed by atoms with Gasteiger partial charge in [-0.3, -0.25) is 14.4 Å². The van der Waals surface area contributed by atoms with E-state index in [1.165, 1.54) is 17.0 Å². The minimum absolute atomic E-state index is 0.00546. The van der Waals surface area contributed by atoms with Crippen LogP contribution in [0.3, 0.4) is 0 Å². The molecule has 2 aromatic carbocycles. The molecule has 33 heavy (non-hydrogen) atoms. The van der Waals surface area contributed by atoms with Gasteiger partial charge in [-0.05, 0) is 41.8 Å². The molecule has 0 spiro atoms. The SMILES string of the molecule is O=C(NCCNC(=O)[C@@H]1CC(=O)N(c2cccc(C(F)(F)F)c2)C1)c1ccc2cc[nH]c2c1. The fourth-order valence-corrected chi connectivity index (χ4v) is 3.78. The zero-order valence-electron chi connectivity index (χ0n) is 17.4. The van der Waals surface area contributed by atoms with Gasteiger partial charge in [-0.25, -0.2) is 0 Å². The molecule has 1 aromatic heterocycles. The molecule has 0 bridgehead atoms. The molecule has 1 atom stereocenters. The summed E-state index contributed by atoms with van der Waals surface area (Å²) in [6.45, 7) is 0.337. The summed E-state index contributed by atoms with van der Waals surface area (Å²) < 4.78 is 38.8. The van der Waals surface area contributed by atoms with E-state index in [1.54, 1.807) is 18.3 Å². The van der Waals surface area contributed by atoms with Crippen molar-refractivity contribution in [2.75, 3.05) is 24.5 Å². The van der Waals surface area contributed by atoms with E-state index >= 15 is 0 Å². The van der Waals surface area contributed by atoms with Gasteiger partial charge < -0.3 is 20.5 Å². The van der Waals surface area contributed by atoms with Crippen LogP contribution in [0.15, 0.2) is 54.7 Å². The third kappa shape index (κ3) is 5.00. The molecule has 1 fully saturated rings.